The zero-order valence-electron chi connectivity index (χ0n) is 15.5. The number of rotatable bonds is 8. The maximum absolute atomic E-state index is 9.38. The summed E-state index contributed by atoms with van der Waals surface area (Å²) in [7, 11) is 0. The van der Waals surface area contributed by atoms with Gasteiger partial charge in [0.05, 0.1) is 6.61 Å². The highest BCUT2D eigenvalue weighted by Crippen LogP contribution is 2.24. The summed E-state index contributed by atoms with van der Waals surface area (Å²) < 4.78 is 0. The minimum absolute atomic E-state index is 0.0534. The van der Waals surface area contributed by atoms with Crippen molar-refractivity contribution in [2.45, 2.75) is 52.0 Å². The van der Waals surface area contributed by atoms with Gasteiger partial charge in [0.1, 0.15) is 0 Å². The van der Waals surface area contributed by atoms with Gasteiger partial charge in [-0.1, -0.05) is 45.0 Å². The molecule has 130 valence electrons. The van der Waals surface area contributed by atoms with E-state index in [2.05, 4.69) is 55.3 Å². The molecule has 0 saturated carbocycles. The van der Waals surface area contributed by atoms with E-state index in [1.165, 1.54) is 30.8 Å². The van der Waals surface area contributed by atoms with Gasteiger partial charge in [0.15, 0.2) is 0 Å². The smallest absolute Gasteiger partial charge is 0.0607 e. The van der Waals surface area contributed by atoms with Gasteiger partial charge in [-0.05, 0) is 37.3 Å². The lowest BCUT2D eigenvalue weighted by Crippen LogP contribution is -2.48. The zero-order chi connectivity index (χ0) is 17.1. The van der Waals surface area contributed by atoms with E-state index in [4.69, 9.17) is 0 Å². The third-order valence-electron chi connectivity index (χ3n) is 5.00. The standard InChI is InChI=1S/C20H34N2O/c1-16-12-22(13-16)11-10-17-6-8-18(9-7-17)19(2,3)14-21-20(4,5)15-23/h6-9,16,21,23H,10-15H2,1-5H3. The molecular formula is C20H34N2O. The molecule has 1 saturated heterocycles. The van der Waals surface area contributed by atoms with E-state index in [0.29, 0.717) is 0 Å². The van der Waals surface area contributed by atoms with Crippen LogP contribution in [0, 0.1) is 5.92 Å². The molecule has 1 aliphatic rings. The molecule has 3 nitrogen and oxygen atoms in total. The number of hydrogen-bond acceptors (Lipinski definition) is 3. The van der Waals surface area contributed by atoms with Gasteiger partial charge in [0, 0.05) is 37.1 Å². The third kappa shape index (κ3) is 5.30. The fraction of sp³-hybridized carbons (Fsp3) is 0.700. The molecule has 0 amide bonds. The number of likely N-dealkylation sites (tertiary alicyclic amines) is 1. The monoisotopic (exact) mass is 318 g/mol. The molecule has 1 aliphatic heterocycles. The lowest BCUT2D eigenvalue weighted by Gasteiger charge is -2.37. The summed E-state index contributed by atoms with van der Waals surface area (Å²) in [5.74, 6) is 0.883. The molecule has 1 fully saturated rings. The van der Waals surface area contributed by atoms with Crippen LogP contribution >= 0.6 is 0 Å². The first-order chi connectivity index (χ1) is 10.7. The van der Waals surface area contributed by atoms with Gasteiger partial charge >= 0.3 is 0 Å². The Balaban J connectivity index is 1.87. The lowest BCUT2D eigenvalue weighted by molar-refractivity contribution is 0.115. The first-order valence-corrected chi connectivity index (χ1v) is 8.89. The molecule has 3 heteroatoms. The van der Waals surface area contributed by atoms with Crippen molar-refractivity contribution in [3.63, 3.8) is 0 Å². The highest BCUT2D eigenvalue weighted by molar-refractivity contribution is 5.29. The Hall–Kier alpha value is -0.900. The second kappa shape index (κ2) is 7.33. The van der Waals surface area contributed by atoms with Crippen molar-refractivity contribution in [3.8, 4) is 0 Å². The van der Waals surface area contributed by atoms with Gasteiger partial charge in [-0.2, -0.15) is 0 Å². The predicted octanol–water partition coefficient (Wildman–Crippen LogP) is 2.82. The SMILES string of the molecule is CC1CN(CCc2ccc(C(C)(C)CNC(C)(C)CO)cc2)C1. The second-order valence-electron chi connectivity index (χ2n) is 8.59. The van der Waals surface area contributed by atoms with Gasteiger partial charge in [-0.3, -0.25) is 0 Å². The maximum Gasteiger partial charge on any atom is 0.0607 e. The van der Waals surface area contributed by atoms with E-state index in [-0.39, 0.29) is 17.6 Å². The summed E-state index contributed by atoms with van der Waals surface area (Å²) in [6, 6.07) is 9.08. The number of aliphatic hydroxyl groups is 1. The minimum atomic E-state index is -0.231. The molecule has 2 N–H and O–H groups in total. The Bertz CT molecular complexity index is 487. The molecule has 1 heterocycles. The van der Waals surface area contributed by atoms with Crippen molar-refractivity contribution < 1.29 is 5.11 Å². The van der Waals surface area contributed by atoms with Crippen molar-refractivity contribution in [2.75, 3.05) is 32.8 Å². The van der Waals surface area contributed by atoms with Crippen LogP contribution in [-0.2, 0) is 11.8 Å². The molecule has 1 aromatic rings. The van der Waals surface area contributed by atoms with Gasteiger partial charge in [-0.15, -0.1) is 0 Å². The van der Waals surface area contributed by atoms with Gasteiger partial charge < -0.3 is 15.3 Å². The molecule has 0 unspecified atom stereocenters. The van der Waals surface area contributed by atoms with E-state index >= 15 is 0 Å². The van der Waals surface area contributed by atoms with Crippen LogP contribution in [0.4, 0.5) is 0 Å². The van der Waals surface area contributed by atoms with Crippen LogP contribution in [0.5, 0.6) is 0 Å². The second-order valence-corrected chi connectivity index (χ2v) is 8.59. The summed E-state index contributed by atoms with van der Waals surface area (Å²) in [5.41, 5.74) is 2.59. The molecule has 0 spiro atoms. The van der Waals surface area contributed by atoms with Crippen molar-refractivity contribution in [2.24, 2.45) is 5.92 Å². The number of benzene rings is 1. The van der Waals surface area contributed by atoms with E-state index < -0.39 is 0 Å². The van der Waals surface area contributed by atoms with Crippen LogP contribution in [-0.4, -0.2) is 48.3 Å². The Morgan fingerprint density at radius 1 is 1.13 bits per heavy atom. The summed E-state index contributed by atoms with van der Waals surface area (Å²) in [4.78, 5) is 2.53. The van der Waals surface area contributed by atoms with Gasteiger partial charge in [0.2, 0.25) is 0 Å². The molecule has 1 aromatic carbocycles. The summed E-state index contributed by atoms with van der Waals surface area (Å²) in [5, 5.41) is 12.8. The Morgan fingerprint density at radius 3 is 2.26 bits per heavy atom. The van der Waals surface area contributed by atoms with Crippen molar-refractivity contribution >= 4 is 0 Å². The fourth-order valence-corrected chi connectivity index (χ4v) is 3.04. The Kier molecular flexibility index (Phi) is 5.88. The number of nitrogens with zero attached hydrogens (tertiary/aromatic N) is 1. The van der Waals surface area contributed by atoms with Crippen LogP contribution in [0.3, 0.4) is 0 Å². The number of aliphatic hydroxyl groups excluding tert-OH is 1. The highest BCUT2D eigenvalue weighted by Gasteiger charge is 2.25. The zero-order valence-corrected chi connectivity index (χ0v) is 15.5. The fourth-order valence-electron chi connectivity index (χ4n) is 3.04. The summed E-state index contributed by atoms with van der Waals surface area (Å²) in [6.45, 7) is 15.6. The van der Waals surface area contributed by atoms with Gasteiger partial charge in [-0.25, -0.2) is 0 Å². The molecule has 23 heavy (non-hydrogen) atoms. The van der Waals surface area contributed by atoms with E-state index in [1.54, 1.807) is 0 Å². The van der Waals surface area contributed by atoms with Crippen LogP contribution in [0.2, 0.25) is 0 Å². The largest absolute Gasteiger partial charge is 0.394 e. The summed E-state index contributed by atoms with van der Waals surface area (Å²) >= 11 is 0. The normalized spacial score (nSPS) is 17.3. The van der Waals surface area contributed by atoms with Crippen LogP contribution in [0.15, 0.2) is 24.3 Å². The van der Waals surface area contributed by atoms with Crippen molar-refractivity contribution in [3.05, 3.63) is 35.4 Å². The van der Waals surface area contributed by atoms with Crippen LogP contribution < -0.4 is 5.32 Å². The first kappa shape index (κ1) is 18.4. The first-order valence-electron chi connectivity index (χ1n) is 8.89. The lowest BCUT2D eigenvalue weighted by atomic mass is 9.83. The average Bonchev–Trinajstić information content (AvgIpc) is 2.49. The minimum Gasteiger partial charge on any atom is -0.394 e. The predicted molar refractivity (Wildman–Crippen MR) is 97.9 cm³/mol. The third-order valence-corrected chi connectivity index (χ3v) is 5.00. The molecule has 0 radical (unpaired) electrons. The number of nitrogens with one attached hydrogen (secondary N) is 1. The molecule has 2 rings (SSSR count). The number of hydrogen-bond donors (Lipinski definition) is 2. The van der Waals surface area contributed by atoms with Crippen molar-refractivity contribution in [1.82, 2.24) is 10.2 Å². The Labute approximate surface area is 142 Å². The van der Waals surface area contributed by atoms with E-state index in [0.717, 1.165) is 18.9 Å². The maximum atomic E-state index is 9.38. The quantitative estimate of drug-likeness (QED) is 0.774. The highest BCUT2D eigenvalue weighted by atomic mass is 16.3. The van der Waals surface area contributed by atoms with Crippen LogP contribution in [0.1, 0.15) is 45.7 Å². The molecule has 0 atom stereocenters. The Morgan fingerprint density at radius 2 is 1.74 bits per heavy atom. The van der Waals surface area contributed by atoms with E-state index in [1.807, 2.05) is 13.8 Å². The molecule has 0 bridgehead atoms. The van der Waals surface area contributed by atoms with Crippen molar-refractivity contribution in [1.29, 1.82) is 0 Å². The summed E-state index contributed by atoms with van der Waals surface area (Å²) in [6.07, 6.45) is 1.14. The van der Waals surface area contributed by atoms with Crippen LogP contribution in [0.25, 0.3) is 0 Å². The molecule has 0 aromatic heterocycles. The average molecular weight is 319 g/mol. The topological polar surface area (TPSA) is 35.5 Å². The molecular weight excluding hydrogens is 284 g/mol. The molecule has 0 aliphatic carbocycles. The van der Waals surface area contributed by atoms with E-state index in [9.17, 15) is 5.11 Å². The van der Waals surface area contributed by atoms with Gasteiger partial charge in [0.25, 0.3) is 0 Å².